The summed E-state index contributed by atoms with van der Waals surface area (Å²) in [6.07, 6.45) is 4.21. The molecule has 1 fully saturated rings. The molecule has 0 spiro atoms. The maximum atomic E-state index is 13.9. The summed E-state index contributed by atoms with van der Waals surface area (Å²) in [5.41, 5.74) is 1.07. The molecular weight excluding hydrogens is 406 g/mol. The topological polar surface area (TPSA) is 72.8 Å². The molecule has 2 aromatic carbocycles. The lowest BCUT2D eigenvalue weighted by molar-refractivity contribution is -0.127. The molecular formula is C25H25N3O4. The highest BCUT2D eigenvalue weighted by molar-refractivity contribution is 6.14. The first-order valence-electron chi connectivity index (χ1n) is 11.2. The van der Waals surface area contributed by atoms with Crippen LogP contribution in [0.3, 0.4) is 0 Å². The summed E-state index contributed by atoms with van der Waals surface area (Å²) in [4.78, 5) is 29.3. The van der Waals surface area contributed by atoms with Crippen molar-refractivity contribution in [1.29, 1.82) is 0 Å². The lowest BCUT2D eigenvalue weighted by atomic mass is 9.93. The van der Waals surface area contributed by atoms with Crippen molar-refractivity contribution in [2.45, 2.75) is 50.7 Å². The molecule has 0 radical (unpaired) electrons. The van der Waals surface area contributed by atoms with E-state index in [4.69, 9.17) is 9.47 Å². The summed E-state index contributed by atoms with van der Waals surface area (Å²) in [6.45, 7) is 2.38. The van der Waals surface area contributed by atoms with Gasteiger partial charge in [-0.3, -0.25) is 14.5 Å². The number of amides is 2. The molecule has 1 atom stereocenters. The Morgan fingerprint density at radius 1 is 1.06 bits per heavy atom. The quantitative estimate of drug-likeness (QED) is 0.684. The van der Waals surface area contributed by atoms with Crippen LogP contribution in [0, 0.1) is 0 Å². The first-order chi connectivity index (χ1) is 15.5. The normalized spacial score (nSPS) is 22.4. The third kappa shape index (κ3) is 2.80. The Balaban J connectivity index is 1.48. The maximum absolute atomic E-state index is 13.9. The van der Waals surface area contributed by atoms with Crippen LogP contribution in [-0.4, -0.2) is 34.8 Å². The first-order valence-corrected chi connectivity index (χ1v) is 11.2. The highest BCUT2D eigenvalue weighted by Crippen LogP contribution is 2.41. The Hall–Kier alpha value is -3.48. The van der Waals surface area contributed by atoms with Crippen molar-refractivity contribution in [1.82, 2.24) is 9.88 Å². The molecule has 3 aliphatic rings. The van der Waals surface area contributed by atoms with E-state index in [0.717, 1.165) is 36.6 Å². The van der Waals surface area contributed by atoms with E-state index in [1.165, 1.54) is 0 Å². The van der Waals surface area contributed by atoms with Crippen molar-refractivity contribution in [3.05, 3.63) is 54.2 Å². The minimum atomic E-state index is -1.10. The van der Waals surface area contributed by atoms with Gasteiger partial charge >= 0.3 is 0 Å². The van der Waals surface area contributed by atoms with Crippen molar-refractivity contribution < 1.29 is 19.1 Å². The number of anilines is 1. The predicted octanol–water partition coefficient (Wildman–Crippen LogP) is 3.85. The summed E-state index contributed by atoms with van der Waals surface area (Å²) in [6, 6.07) is 15.4. The number of aromatic nitrogens is 1. The molecule has 3 aromatic rings. The molecule has 1 N–H and O–H groups in total. The molecule has 0 bridgehead atoms. The molecule has 1 saturated carbocycles. The van der Waals surface area contributed by atoms with Crippen LogP contribution in [-0.2, 0) is 11.3 Å². The molecule has 1 aliphatic carbocycles. The van der Waals surface area contributed by atoms with Crippen LogP contribution >= 0.6 is 0 Å². The Morgan fingerprint density at radius 2 is 1.84 bits per heavy atom. The Morgan fingerprint density at radius 3 is 2.69 bits per heavy atom. The third-order valence-electron chi connectivity index (χ3n) is 6.99. The van der Waals surface area contributed by atoms with E-state index < -0.39 is 5.54 Å². The lowest BCUT2D eigenvalue weighted by Gasteiger charge is -2.44. The molecule has 2 amide bonds. The van der Waals surface area contributed by atoms with Crippen molar-refractivity contribution in [2.24, 2.45) is 0 Å². The second-order valence-electron chi connectivity index (χ2n) is 9.08. The number of benzene rings is 2. The van der Waals surface area contributed by atoms with E-state index in [-0.39, 0.29) is 24.6 Å². The number of carbonyl (C=O) groups excluding carboxylic acids is 2. The average Bonchev–Trinajstić information content (AvgIpc) is 3.53. The van der Waals surface area contributed by atoms with E-state index >= 15 is 0 Å². The van der Waals surface area contributed by atoms with Gasteiger partial charge in [-0.1, -0.05) is 31.0 Å². The van der Waals surface area contributed by atoms with Gasteiger partial charge in [0, 0.05) is 28.7 Å². The highest BCUT2D eigenvalue weighted by atomic mass is 16.7. The average molecular weight is 431 g/mol. The SMILES string of the molecule is C[C@]1(C(=O)NC2CCCC2)Cn2c(cc3ccccc32)C(=O)N1c1ccc2c(c1)OCO2. The lowest BCUT2D eigenvalue weighted by Crippen LogP contribution is -2.65. The second kappa shape index (κ2) is 7.02. The number of carbonyl (C=O) groups is 2. The fraction of sp³-hybridized carbons (Fsp3) is 0.360. The van der Waals surface area contributed by atoms with Gasteiger partial charge in [-0.15, -0.1) is 0 Å². The van der Waals surface area contributed by atoms with Crippen LogP contribution in [0.5, 0.6) is 11.5 Å². The zero-order valence-electron chi connectivity index (χ0n) is 18.0. The number of rotatable bonds is 3. The van der Waals surface area contributed by atoms with E-state index in [9.17, 15) is 9.59 Å². The van der Waals surface area contributed by atoms with Crippen LogP contribution in [0.15, 0.2) is 48.5 Å². The fourth-order valence-corrected chi connectivity index (χ4v) is 5.29. The van der Waals surface area contributed by atoms with Crippen LogP contribution in [0.1, 0.15) is 43.1 Å². The molecule has 2 aliphatic heterocycles. The van der Waals surface area contributed by atoms with Crippen molar-refractivity contribution in [3.8, 4) is 11.5 Å². The van der Waals surface area contributed by atoms with Gasteiger partial charge in [-0.05, 0) is 44.0 Å². The number of fused-ring (bicyclic) bond motifs is 4. The molecule has 7 heteroatoms. The van der Waals surface area contributed by atoms with E-state index in [1.54, 1.807) is 17.0 Å². The molecule has 0 saturated heterocycles. The van der Waals surface area contributed by atoms with Crippen molar-refractivity contribution in [3.63, 3.8) is 0 Å². The van der Waals surface area contributed by atoms with Gasteiger partial charge in [0.2, 0.25) is 12.7 Å². The summed E-state index contributed by atoms with van der Waals surface area (Å²) in [5, 5.41) is 4.22. The van der Waals surface area contributed by atoms with Gasteiger partial charge in [0.15, 0.2) is 11.5 Å². The smallest absolute Gasteiger partial charge is 0.275 e. The Kier molecular flexibility index (Phi) is 4.22. The van der Waals surface area contributed by atoms with E-state index in [2.05, 4.69) is 5.32 Å². The molecule has 164 valence electrons. The predicted molar refractivity (Wildman–Crippen MR) is 120 cm³/mol. The van der Waals surface area contributed by atoms with Gasteiger partial charge in [0.05, 0.1) is 6.54 Å². The van der Waals surface area contributed by atoms with Crippen molar-refractivity contribution >= 4 is 28.4 Å². The Bertz CT molecular complexity index is 1240. The van der Waals surface area contributed by atoms with Gasteiger partial charge < -0.3 is 19.4 Å². The monoisotopic (exact) mass is 431 g/mol. The van der Waals surface area contributed by atoms with Gasteiger partial charge in [-0.2, -0.15) is 0 Å². The molecule has 32 heavy (non-hydrogen) atoms. The molecule has 1 aromatic heterocycles. The van der Waals surface area contributed by atoms with Crippen molar-refractivity contribution in [2.75, 3.05) is 11.7 Å². The summed E-state index contributed by atoms with van der Waals surface area (Å²) < 4.78 is 13.0. The molecule has 7 nitrogen and oxygen atoms in total. The highest BCUT2D eigenvalue weighted by Gasteiger charge is 2.49. The standard InChI is InChI=1S/C25H25N3O4/c1-25(24(30)26-17-7-3-4-8-17)14-27-19-9-5-2-6-16(19)12-20(27)23(29)28(25)18-10-11-21-22(13-18)32-15-31-21/h2,5-6,9-13,17H,3-4,7-8,14-15H2,1H3,(H,26,30)/t25-/m1/s1. The molecule has 0 unspecified atom stereocenters. The van der Waals surface area contributed by atoms with Gasteiger partial charge in [-0.25, -0.2) is 0 Å². The van der Waals surface area contributed by atoms with E-state index in [1.807, 2.05) is 47.9 Å². The fourth-order valence-electron chi connectivity index (χ4n) is 5.29. The zero-order valence-corrected chi connectivity index (χ0v) is 18.0. The van der Waals surface area contributed by atoms with Crippen LogP contribution in [0.2, 0.25) is 0 Å². The van der Waals surface area contributed by atoms with Gasteiger partial charge in [0.25, 0.3) is 5.91 Å². The molecule has 6 rings (SSSR count). The summed E-state index contributed by atoms with van der Waals surface area (Å²) >= 11 is 0. The zero-order chi connectivity index (χ0) is 21.9. The van der Waals surface area contributed by atoms with Gasteiger partial charge in [0.1, 0.15) is 11.2 Å². The first kappa shape index (κ1) is 19.2. The third-order valence-corrected chi connectivity index (χ3v) is 6.99. The van der Waals surface area contributed by atoms with E-state index in [0.29, 0.717) is 29.4 Å². The molecule has 3 heterocycles. The maximum Gasteiger partial charge on any atom is 0.275 e. The number of para-hydroxylation sites is 1. The second-order valence-corrected chi connectivity index (χ2v) is 9.08. The minimum Gasteiger partial charge on any atom is -0.454 e. The summed E-state index contributed by atoms with van der Waals surface area (Å²) in [7, 11) is 0. The van der Waals surface area contributed by atoms with Crippen LogP contribution in [0.4, 0.5) is 5.69 Å². The number of ether oxygens (including phenoxy) is 2. The number of hydrogen-bond acceptors (Lipinski definition) is 4. The number of nitrogens with one attached hydrogen (secondary N) is 1. The number of nitrogens with zero attached hydrogens (tertiary/aromatic N) is 2. The van der Waals surface area contributed by atoms with Crippen LogP contribution in [0.25, 0.3) is 10.9 Å². The number of hydrogen-bond donors (Lipinski definition) is 1. The van der Waals surface area contributed by atoms with Crippen LogP contribution < -0.4 is 19.7 Å². The summed E-state index contributed by atoms with van der Waals surface area (Å²) in [5.74, 6) is 0.902. The largest absolute Gasteiger partial charge is 0.454 e. The Labute approximate surface area is 185 Å². The minimum absolute atomic E-state index is 0.126.